The van der Waals surface area contributed by atoms with Crippen molar-refractivity contribution in [2.75, 3.05) is 0 Å². The van der Waals surface area contributed by atoms with Gasteiger partial charge >= 0.3 is 0 Å². The topological polar surface area (TPSA) is 95.6 Å². The Morgan fingerprint density at radius 3 is 2.49 bits per heavy atom. The summed E-state index contributed by atoms with van der Waals surface area (Å²) in [5.41, 5.74) is 1.94. The lowest BCUT2D eigenvalue weighted by atomic mass is 9.74. The number of nitrogens with one attached hydrogen (secondary N) is 2. The highest BCUT2D eigenvalue weighted by molar-refractivity contribution is 6.30. The second-order valence-corrected chi connectivity index (χ2v) is 9.74. The Morgan fingerprint density at radius 1 is 1.11 bits per heavy atom. The van der Waals surface area contributed by atoms with Crippen LogP contribution in [0.3, 0.4) is 0 Å². The normalized spacial score (nSPS) is 22.3. The average Bonchev–Trinajstić information content (AvgIpc) is 3.12. The summed E-state index contributed by atoms with van der Waals surface area (Å²) >= 11 is 5.96. The van der Waals surface area contributed by atoms with Gasteiger partial charge < -0.3 is 10.2 Å². The van der Waals surface area contributed by atoms with Crippen molar-refractivity contribution in [3.63, 3.8) is 0 Å². The number of fused-ring (bicyclic) bond motifs is 1. The molecular formula is C25H22ClF2N3O4. The SMILES string of the molecule is O=C1CCC(N2Cc3cc(C(=O)N[C@H](c4ccc(Cl)cc4)C4CC(F)(F)C4)ccc3C2=O)C(=O)N1. The molecule has 2 aliphatic heterocycles. The zero-order valence-electron chi connectivity index (χ0n) is 18.5. The van der Waals surface area contributed by atoms with Crippen molar-refractivity contribution in [2.45, 2.75) is 50.2 Å². The molecule has 0 aromatic heterocycles. The van der Waals surface area contributed by atoms with Crippen LogP contribution in [0.4, 0.5) is 8.78 Å². The van der Waals surface area contributed by atoms with Crippen molar-refractivity contribution in [1.82, 2.24) is 15.5 Å². The maximum absolute atomic E-state index is 13.6. The van der Waals surface area contributed by atoms with Gasteiger partial charge in [0.05, 0.1) is 6.04 Å². The van der Waals surface area contributed by atoms with Crippen LogP contribution >= 0.6 is 11.6 Å². The summed E-state index contributed by atoms with van der Waals surface area (Å²) in [5, 5.41) is 5.64. The summed E-state index contributed by atoms with van der Waals surface area (Å²) in [4.78, 5) is 51.1. The molecule has 1 unspecified atom stereocenters. The van der Waals surface area contributed by atoms with Crippen LogP contribution in [0.15, 0.2) is 42.5 Å². The Bertz CT molecular complexity index is 1230. The first-order valence-electron chi connectivity index (χ1n) is 11.3. The second-order valence-electron chi connectivity index (χ2n) is 9.30. The number of carbonyl (C=O) groups is 4. The number of nitrogens with zero attached hydrogens (tertiary/aromatic N) is 1. The highest BCUT2D eigenvalue weighted by Gasteiger charge is 2.49. The minimum atomic E-state index is -2.74. The number of piperidine rings is 1. The smallest absolute Gasteiger partial charge is 0.255 e. The summed E-state index contributed by atoms with van der Waals surface area (Å²) in [5.74, 6) is -4.83. The van der Waals surface area contributed by atoms with Gasteiger partial charge in [0.1, 0.15) is 6.04 Å². The number of hydrogen-bond acceptors (Lipinski definition) is 4. The molecule has 2 heterocycles. The Kier molecular flexibility index (Phi) is 5.83. The van der Waals surface area contributed by atoms with Crippen LogP contribution in [0.25, 0.3) is 0 Å². The molecule has 35 heavy (non-hydrogen) atoms. The van der Waals surface area contributed by atoms with E-state index in [-0.39, 0.29) is 49.6 Å². The predicted molar refractivity (Wildman–Crippen MR) is 122 cm³/mol. The summed E-state index contributed by atoms with van der Waals surface area (Å²) in [6.45, 7) is 0.136. The number of hydrogen-bond donors (Lipinski definition) is 2. The molecule has 0 bridgehead atoms. The molecule has 3 aliphatic rings. The fraction of sp³-hybridized carbons (Fsp3) is 0.360. The van der Waals surface area contributed by atoms with Crippen molar-refractivity contribution in [3.05, 3.63) is 69.7 Å². The van der Waals surface area contributed by atoms with E-state index in [1.165, 1.54) is 17.0 Å². The Balaban J connectivity index is 1.34. The zero-order valence-corrected chi connectivity index (χ0v) is 19.3. The van der Waals surface area contributed by atoms with Crippen LogP contribution in [-0.2, 0) is 16.1 Å². The van der Waals surface area contributed by atoms with E-state index in [0.29, 0.717) is 21.7 Å². The number of carbonyl (C=O) groups excluding carboxylic acids is 4. The third-order valence-electron chi connectivity index (χ3n) is 6.89. The Labute approximate surface area is 204 Å². The highest BCUT2D eigenvalue weighted by atomic mass is 35.5. The molecule has 4 amide bonds. The molecule has 2 atom stereocenters. The maximum atomic E-state index is 13.6. The second kappa shape index (κ2) is 8.71. The van der Waals surface area contributed by atoms with Gasteiger partial charge in [-0.05, 0) is 53.8 Å². The molecule has 2 N–H and O–H groups in total. The Morgan fingerprint density at radius 2 is 1.83 bits per heavy atom. The molecule has 10 heteroatoms. The van der Waals surface area contributed by atoms with E-state index in [9.17, 15) is 28.0 Å². The molecule has 5 rings (SSSR count). The molecule has 1 saturated heterocycles. The van der Waals surface area contributed by atoms with E-state index >= 15 is 0 Å². The fourth-order valence-electron chi connectivity index (χ4n) is 5.03. The van der Waals surface area contributed by atoms with E-state index in [4.69, 9.17) is 11.6 Å². The number of imide groups is 1. The third-order valence-corrected chi connectivity index (χ3v) is 7.15. The fourth-order valence-corrected chi connectivity index (χ4v) is 5.15. The van der Waals surface area contributed by atoms with Gasteiger partial charge in [0, 0.05) is 42.0 Å². The molecular weight excluding hydrogens is 480 g/mol. The third kappa shape index (κ3) is 4.52. The molecule has 2 fully saturated rings. The zero-order chi connectivity index (χ0) is 24.9. The van der Waals surface area contributed by atoms with Crippen LogP contribution in [0.1, 0.15) is 63.6 Å². The van der Waals surface area contributed by atoms with Crippen molar-refractivity contribution in [2.24, 2.45) is 5.92 Å². The van der Waals surface area contributed by atoms with Crippen LogP contribution in [0.5, 0.6) is 0 Å². The van der Waals surface area contributed by atoms with E-state index in [1.54, 1.807) is 30.3 Å². The number of halogens is 3. The molecule has 2 aromatic rings. The minimum Gasteiger partial charge on any atom is -0.345 e. The van der Waals surface area contributed by atoms with Crippen LogP contribution in [0, 0.1) is 5.92 Å². The van der Waals surface area contributed by atoms with Gasteiger partial charge in [0.2, 0.25) is 17.7 Å². The van der Waals surface area contributed by atoms with Crippen molar-refractivity contribution >= 4 is 35.2 Å². The number of alkyl halides is 2. The van der Waals surface area contributed by atoms with Gasteiger partial charge in [-0.25, -0.2) is 8.78 Å². The first-order chi connectivity index (χ1) is 16.6. The van der Waals surface area contributed by atoms with E-state index in [1.807, 2.05) is 0 Å². The number of rotatable bonds is 5. The van der Waals surface area contributed by atoms with Gasteiger partial charge in [-0.2, -0.15) is 0 Å². The molecule has 1 saturated carbocycles. The lowest BCUT2D eigenvalue weighted by Crippen LogP contribution is -2.52. The first-order valence-corrected chi connectivity index (χ1v) is 11.7. The van der Waals surface area contributed by atoms with E-state index in [2.05, 4.69) is 10.6 Å². The molecule has 7 nitrogen and oxygen atoms in total. The van der Waals surface area contributed by atoms with Gasteiger partial charge in [0.25, 0.3) is 11.8 Å². The van der Waals surface area contributed by atoms with Gasteiger partial charge in [-0.15, -0.1) is 0 Å². The largest absolute Gasteiger partial charge is 0.345 e. The molecule has 182 valence electrons. The van der Waals surface area contributed by atoms with Crippen LogP contribution < -0.4 is 10.6 Å². The van der Waals surface area contributed by atoms with Gasteiger partial charge in [-0.1, -0.05) is 23.7 Å². The van der Waals surface area contributed by atoms with Gasteiger partial charge in [0.15, 0.2) is 0 Å². The quantitative estimate of drug-likeness (QED) is 0.612. The Hall–Kier alpha value is -3.33. The van der Waals surface area contributed by atoms with Gasteiger partial charge in [-0.3, -0.25) is 24.5 Å². The van der Waals surface area contributed by atoms with Crippen molar-refractivity contribution in [1.29, 1.82) is 0 Å². The van der Waals surface area contributed by atoms with Crippen molar-refractivity contribution in [3.8, 4) is 0 Å². The first kappa shape index (κ1) is 23.4. The van der Waals surface area contributed by atoms with E-state index in [0.717, 1.165) is 0 Å². The average molecular weight is 502 g/mol. The number of benzene rings is 2. The summed E-state index contributed by atoms with van der Waals surface area (Å²) in [6, 6.07) is 9.99. The highest BCUT2D eigenvalue weighted by Crippen LogP contribution is 2.48. The molecule has 0 radical (unpaired) electrons. The lowest BCUT2D eigenvalue weighted by Gasteiger charge is -2.40. The molecule has 2 aromatic carbocycles. The standard InChI is InChI=1S/C25H22ClF2N3O4/c26-17-4-1-13(2-5-17)21(16-10-25(27,28)11-16)30-22(33)14-3-6-18-15(9-14)12-31(24(18)35)19-7-8-20(32)29-23(19)34/h1-6,9,16,19,21H,7-8,10-12H2,(H,30,33)(H,29,32,34)/t19?,21-/m1/s1. The summed E-state index contributed by atoms with van der Waals surface area (Å²) in [7, 11) is 0. The van der Waals surface area contributed by atoms with Crippen LogP contribution in [-0.4, -0.2) is 40.5 Å². The minimum absolute atomic E-state index is 0.136. The number of amides is 4. The van der Waals surface area contributed by atoms with Crippen molar-refractivity contribution < 1.29 is 28.0 Å². The summed E-state index contributed by atoms with van der Waals surface area (Å²) < 4.78 is 27.2. The lowest BCUT2D eigenvalue weighted by molar-refractivity contribution is -0.136. The molecule has 0 spiro atoms. The summed E-state index contributed by atoms with van der Waals surface area (Å²) in [6.07, 6.45) is -0.247. The molecule has 1 aliphatic carbocycles. The maximum Gasteiger partial charge on any atom is 0.255 e. The van der Waals surface area contributed by atoms with E-state index < -0.39 is 35.7 Å². The predicted octanol–water partition coefficient (Wildman–Crippen LogP) is 3.62. The monoisotopic (exact) mass is 501 g/mol. The van der Waals surface area contributed by atoms with Crippen LogP contribution in [0.2, 0.25) is 5.02 Å².